The van der Waals surface area contributed by atoms with Crippen LogP contribution in [0.25, 0.3) is 5.65 Å². The van der Waals surface area contributed by atoms with Crippen molar-refractivity contribution in [3.05, 3.63) is 41.5 Å². The number of anilines is 1. The molecule has 4 aliphatic rings. The number of ketones is 1. The van der Waals surface area contributed by atoms with Crippen molar-refractivity contribution in [2.75, 3.05) is 18.0 Å². The van der Waals surface area contributed by atoms with E-state index in [2.05, 4.69) is 28.9 Å². The van der Waals surface area contributed by atoms with Gasteiger partial charge in [-0.25, -0.2) is 18.3 Å². The van der Waals surface area contributed by atoms with Gasteiger partial charge in [0.15, 0.2) is 11.4 Å². The van der Waals surface area contributed by atoms with Gasteiger partial charge in [-0.15, -0.1) is 0 Å². The number of aromatic nitrogens is 5. The van der Waals surface area contributed by atoms with Crippen molar-refractivity contribution in [1.29, 1.82) is 0 Å². The number of carbonyl (C=O) groups excluding carboxylic acids is 1. The van der Waals surface area contributed by atoms with Gasteiger partial charge in [-0.2, -0.15) is 10.2 Å². The van der Waals surface area contributed by atoms with E-state index in [0.717, 1.165) is 51.0 Å². The molecule has 0 N–H and O–H groups in total. The highest BCUT2D eigenvalue weighted by Crippen LogP contribution is 2.37. The highest BCUT2D eigenvalue weighted by atomic mass is 19.3. The number of piperidine rings is 1. The molecule has 7 rings (SSSR count). The maximum Gasteiger partial charge on any atom is 0.282 e. The molecule has 4 fully saturated rings. The highest BCUT2D eigenvalue weighted by molar-refractivity contribution is 6.02. The number of alkyl halides is 2. The second kappa shape index (κ2) is 9.21. The van der Waals surface area contributed by atoms with Crippen molar-refractivity contribution >= 4 is 17.2 Å². The van der Waals surface area contributed by atoms with E-state index in [1.807, 2.05) is 6.07 Å². The van der Waals surface area contributed by atoms with Crippen molar-refractivity contribution < 1.29 is 18.3 Å². The topological polar surface area (TPSA) is 77.5 Å². The van der Waals surface area contributed by atoms with Crippen molar-refractivity contribution in [2.24, 2.45) is 11.8 Å². The van der Waals surface area contributed by atoms with Gasteiger partial charge in [-0.1, -0.05) is 13.8 Å². The van der Waals surface area contributed by atoms with Gasteiger partial charge in [-0.05, 0) is 43.6 Å². The number of hydrogen-bond acceptors (Lipinski definition) is 6. The average Bonchev–Trinajstić information content (AvgIpc) is 3.48. The van der Waals surface area contributed by atoms with Crippen LogP contribution in [0.15, 0.2) is 24.7 Å². The van der Waals surface area contributed by atoms with E-state index >= 15 is 0 Å². The molecule has 2 unspecified atom stereocenters. The summed E-state index contributed by atoms with van der Waals surface area (Å²) in [4.78, 5) is 20.2. The molecule has 0 aromatic carbocycles. The highest BCUT2D eigenvalue weighted by Gasteiger charge is 2.39. The van der Waals surface area contributed by atoms with Gasteiger partial charge < -0.3 is 9.64 Å². The summed E-state index contributed by atoms with van der Waals surface area (Å²) >= 11 is 0. The number of fused-ring (bicyclic) bond motifs is 3. The van der Waals surface area contributed by atoms with Crippen LogP contribution in [0, 0.1) is 11.8 Å². The first kappa shape index (κ1) is 23.5. The van der Waals surface area contributed by atoms with Crippen LogP contribution < -0.4 is 4.90 Å². The van der Waals surface area contributed by atoms with Gasteiger partial charge >= 0.3 is 0 Å². The van der Waals surface area contributed by atoms with Crippen molar-refractivity contribution in [3.8, 4) is 0 Å². The molecular formula is C26H32F2N6O2. The Kier molecular flexibility index (Phi) is 6.02. The summed E-state index contributed by atoms with van der Waals surface area (Å²) < 4.78 is 36.7. The van der Waals surface area contributed by atoms with E-state index in [4.69, 9.17) is 9.72 Å². The summed E-state index contributed by atoms with van der Waals surface area (Å²) in [6.45, 7) is 6.01. The minimum absolute atomic E-state index is 0.0993. The number of hydrogen-bond donors (Lipinski definition) is 0. The molecule has 2 bridgehead atoms. The fraction of sp³-hybridized carbons (Fsp3) is 0.615. The third-order valence-electron chi connectivity index (χ3n) is 8.19. The predicted octanol–water partition coefficient (Wildman–Crippen LogP) is 4.65. The smallest absolute Gasteiger partial charge is 0.282 e. The fourth-order valence-corrected chi connectivity index (χ4v) is 6.03. The van der Waals surface area contributed by atoms with E-state index in [1.54, 1.807) is 21.6 Å². The average molecular weight is 499 g/mol. The maximum absolute atomic E-state index is 13.9. The lowest BCUT2D eigenvalue weighted by atomic mass is 9.80. The van der Waals surface area contributed by atoms with Gasteiger partial charge in [0, 0.05) is 43.9 Å². The van der Waals surface area contributed by atoms with E-state index in [1.165, 1.54) is 6.20 Å². The van der Waals surface area contributed by atoms with Gasteiger partial charge in [0.25, 0.3) is 6.43 Å². The zero-order chi connectivity index (χ0) is 25.0. The first-order chi connectivity index (χ1) is 17.4. The number of ether oxygens (including phenoxy) is 1. The Morgan fingerprint density at radius 3 is 2.56 bits per heavy atom. The van der Waals surface area contributed by atoms with Crippen LogP contribution in [-0.4, -0.2) is 55.5 Å². The molecule has 3 aromatic heterocycles. The lowest BCUT2D eigenvalue weighted by Crippen LogP contribution is -2.57. The van der Waals surface area contributed by atoms with Crippen LogP contribution >= 0.6 is 0 Å². The molecule has 0 amide bonds. The molecule has 192 valence electrons. The second-order valence-electron chi connectivity index (χ2n) is 10.9. The molecule has 3 aromatic rings. The number of rotatable bonds is 7. The third kappa shape index (κ3) is 4.29. The number of morpholine rings is 1. The number of carbonyl (C=O) groups is 1. The molecule has 1 aliphatic carbocycles. The standard InChI is InChI=1S/C26H32F2N6O2/c1-15(2)16-3-5-18(6-4-16)34-12-17(24(31-34)25(27)28)9-22(35)21-11-29-33-8-7-23(30-26(21)33)32-13-19-10-20(14-32)36-19/h7-8,11-12,15-16,18-20,25H,3-6,9-10,13-14H2,1-2H3. The van der Waals surface area contributed by atoms with Crippen molar-refractivity contribution in [3.63, 3.8) is 0 Å². The van der Waals surface area contributed by atoms with Crippen LogP contribution in [0.1, 0.15) is 80.0 Å². The Balaban J connectivity index is 1.22. The zero-order valence-corrected chi connectivity index (χ0v) is 20.7. The molecule has 36 heavy (non-hydrogen) atoms. The monoisotopic (exact) mass is 498 g/mol. The van der Waals surface area contributed by atoms with Crippen LogP contribution in [0.5, 0.6) is 0 Å². The molecule has 0 spiro atoms. The van der Waals surface area contributed by atoms with Crippen LogP contribution in [-0.2, 0) is 11.2 Å². The van der Waals surface area contributed by atoms with Gasteiger partial charge in [0.1, 0.15) is 11.5 Å². The molecule has 3 aliphatic heterocycles. The summed E-state index contributed by atoms with van der Waals surface area (Å²) in [7, 11) is 0. The second-order valence-corrected chi connectivity index (χ2v) is 10.9. The lowest BCUT2D eigenvalue weighted by Gasteiger charge is -2.47. The summed E-state index contributed by atoms with van der Waals surface area (Å²) in [5.41, 5.74) is 0.757. The number of halogens is 2. The van der Waals surface area contributed by atoms with Gasteiger partial charge in [0.2, 0.25) is 0 Å². The SMILES string of the molecule is CC(C)C1CCC(n2cc(CC(=O)c3cnn4ccc(N5CC6CC(C5)O6)nc34)c(C(F)F)n2)CC1. The van der Waals surface area contributed by atoms with Gasteiger partial charge in [0.05, 0.1) is 30.0 Å². The Morgan fingerprint density at radius 1 is 1.17 bits per heavy atom. The Bertz CT molecular complexity index is 1250. The normalized spacial score (nSPS) is 26.1. The first-order valence-corrected chi connectivity index (χ1v) is 13.0. The minimum atomic E-state index is -2.73. The van der Waals surface area contributed by atoms with E-state index in [0.29, 0.717) is 23.0 Å². The largest absolute Gasteiger partial charge is 0.371 e. The quantitative estimate of drug-likeness (QED) is 0.441. The number of Topliss-reactive ketones (excluding diaryl/α,β-unsaturated/α-hetero) is 1. The summed E-state index contributed by atoms with van der Waals surface area (Å²) in [6, 6.07) is 1.98. The molecule has 2 atom stereocenters. The van der Waals surface area contributed by atoms with Crippen LogP contribution in [0.3, 0.4) is 0 Å². The molecular weight excluding hydrogens is 466 g/mol. The van der Waals surface area contributed by atoms with Crippen molar-refractivity contribution in [1.82, 2.24) is 24.4 Å². The Morgan fingerprint density at radius 2 is 1.89 bits per heavy atom. The van der Waals surface area contributed by atoms with Crippen LogP contribution in [0.4, 0.5) is 14.6 Å². The fourth-order valence-electron chi connectivity index (χ4n) is 6.03. The minimum Gasteiger partial charge on any atom is -0.371 e. The molecule has 8 nitrogen and oxygen atoms in total. The zero-order valence-electron chi connectivity index (χ0n) is 20.7. The predicted molar refractivity (Wildman–Crippen MR) is 130 cm³/mol. The van der Waals surface area contributed by atoms with Crippen LogP contribution in [0.2, 0.25) is 0 Å². The molecule has 6 heterocycles. The molecule has 3 saturated heterocycles. The van der Waals surface area contributed by atoms with E-state index < -0.39 is 6.43 Å². The molecule has 0 radical (unpaired) electrons. The van der Waals surface area contributed by atoms with Crippen molar-refractivity contribution in [2.45, 2.75) is 77.0 Å². The van der Waals surface area contributed by atoms with E-state index in [-0.39, 0.29) is 41.7 Å². The Hall–Kier alpha value is -2.88. The van der Waals surface area contributed by atoms with Gasteiger partial charge in [-0.3, -0.25) is 9.48 Å². The Labute approximate surface area is 208 Å². The third-order valence-corrected chi connectivity index (χ3v) is 8.19. The number of nitrogens with zero attached hydrogens (tertiary/aromatic N) is 6. The maximum atomic E-state index is 13.9. The summed E-state index contributed by atoms with van der Waals surface area (Å²) in [5.74, 6) is 1.78. The first-order valence-electron chi connectivity index (χ1n) is 13.0. The molecule has 1 saturated carbocycles. The van der Waals surface area contributed by atoms with E-state index in [9.17, 15) is 13.6 Å². The summed E-state index contributed by atoms with van der Waals surface area (Å²) in [6.07, 6.45) is 7.56. The summed E-state index contributed by atoms with van der Waals surface area (Å²) in [5, 5.41) is 8.52. The lowest BCUT2D eigenvalue weighted by molar-refractivity contribution is -0.133. The molecule has 10 heteroatoms.